The summed E-state index contributed by atoms with van der Waals surface area (Å²) >= 11 is 2.04. The van der Waals surface area contributed by atoms with Crippen molar-refractivity contribution < 1.29 is 0 Å². The maximum Gasteiger partial charge on any atom is 0.0385 e. The minimum absolute atomic E-state index is 1.11. The number of thioether (sulfide) groups is 1. The van der Waals surface area contributed by atoms with Gasteiger partial charge in [0.15, 0.2) is 0 Å². The molecule has 4 rings (SSSR count). The quantitative estimate of drug-likeness (QED) is 0.657. The van der Waals surface area contributed by atoms with Crippen LogP contribution in [0.1, 0.15) is 0 Å². The molecule has 126 valence electrons. The third-order valence-electron chi connectivity index (χ3n) is 4.52. The van der Waals surface area contributed by atoms with Gasteiger partial charge in [0.25, 0.3) is 0 Å². The molecule has 1 aliphatic rings. The third kappa shape index (κ3) is 3.99. The summed E-state index contributed by atoms with van der Waals surface area (Å²) in [7, 11) is 0. The molecule has 0 atom stereocenters. The van der Waals surface area contributed by atoms with Gasteiger partial charge >= 0.3 is 0 Å². The molecule has 0 unspecified atom stereocenters. The molecule has 3 aromatic carbocycles. The molecule has 1 saturated heterocycles. The number of anilines is 3. The first kappa shape index (κ1) is 16.1. The first-order valence-corrected chi connectivity index (χ1v) is 9.89. The molecule has 1 fully saturated rings. The number of rotatable bonds is 4. The minimum Gasteiger partial charge on any atom is -0.370 e. The normalized spacial score (nSPS) is 14.3. The van der Waals surface area contributed by atoms with Gasteiger partial charge in [0.2, 0.25) is 0 Å². The van der Waals surface area contributed by atoms with Crippen LogP contribution in [0.25, 0.3) is 11.1 Å². The fraction of sp³-hybridized carbons (Fsp3) is 0.182. The second-order valence-electron chi connectivity index (χ2n) is 6.21. The topological polar surface area (TPSA) is 15.3 Å². The first-order valence-electron chi connectivity index (χ1n) is 8.74. The van der Waals surface area contributed by atoms with E-state index in [0.717, 1.165) is 24.5 Å². The van der Waals surface area contributed by atoms with Crippen molar-refractivity contribution in [2.75, 3.05) is 34.8 Å². The second-order valence-corrected chi connectivity index (χ2v) is 7.44. The summed E-state index contributed by atoms with van der Waals surface area (Å²) < 4.78 is 0. The van der Waals surface area contributed by atoms with E-state index in [2.05, 4.69) is 83.0 Å². The lowest BCUT2D eigenvalue weighted by Crippen LogP contribution is -2.32. The summed E-state index contributed by atoms with van der Waals surface area (Å²) in [5.74, 6) is 2.46. The molecule has 1 heterocycles. The summed E-state index contributed by atoms with van der Waals surface area (Å²) in [5, 5.41) is 3.49. The van der Waals surface area contributed by atoms with Crippen molar-refractivity contribution in [3.05, 3.63) is 78.9 Å². The summed E-state index contributed by atoms with van der Waals surface area (Å²) in [6.45, 7) is 2.30. The molecule has 25 heavy (non-hydrogen) atoms. The molecule has 2 nitrogen and oxygen atoms in total. The molecular weight excluding hydrogens is 324 g/mol. The van der Waals surface area contributed by atoms with Crippen molar-refractivity contribution in [3.63, 3.8) is 0 Å². The van der Waals surface area contributed by atoms with Gasteiger partial charge < -0.3 is 10.2 Å². The van der Waals surface area contributed by atoms with E-state index in [1.54, 1.807) is 0 Å². The molecule has 0 spiro atoms. The maximum atomic E-state index is 3.49. The first-order chi connectivity index (χ1) is 12.4. The van der Waals surface area contributed by atoms with E-state index in [1.165, 1.54) is 28.3 Å². The van der Waals surface area contributed by atoms with Gasteiger partial charge in [0.05, 0.1) is 0 Å². The molecule has 0 aliphatic carbocycles. The zero-order chi connectivity index (χ0) is 16.9. The Balaban J connectivity index is 1.43. The van der Waals surface area contributed by atoms with Gasteiger partial charge in [-0.25, -0.2) is 0 Å². The maximum absolute atomic E-state index is 3.49. The summed E-state index contributed by atoms with van der Waals surface area (Å²) in [5.41, 5.74) is 6.05. The average Bonchev–Trinajstić information content (AvgIpc) is 2.71. The van der Waals surface area contributed by atoms with Crippen LogP contribution >= 0.6 is 11.8 Å². The molecule has 0 radical (unpaired) electrons. The molecule has 1 N–H and O–H groups in total. The largest absolute Gasteiger partial charge is 0.370 e. The monoisotopic (exact) mass is 346 g/mol. The highest BCUT2D eigenvalue weighted by Gasteiger charge is 2.10. The van der Waals surface area contributed by atoms with E-state index >= 15 is 0 Å². The van der Waals surface area contributed by atoms with Crippen LogP contribution in [0.5, 0.6) is 0 Å². The van der Waals surface area contributed by atoms with E-state index in [1.807, 2.05) is 17.8 Å². The van der Waals surface area contributed by atoms with Gasteiger partial charge in [0.1, 0.15) is 0 Å². The van der Waals surface area contributed by atoms with E-state index in [9.17, 15) is 0 Å². The highest BCUT2D eigenvalue weighted by molar-refractivity contribution is 7.99. The highest BCUT2D eigenvalue weighted by Crippen LogP contribution is 2.25. The molecule has 0 bridgehead atoms. The van der Waals surface area contributed by atoms with Crippen molar-refractivity contribution in [2.24, 2.45) is 0 Å². The van der Waals surface area contributed by atoms with Crippen LogP contribution in [0.15, 0.2) is 78.9 Å². The van der Waals surface area contributed by atoms with Crippen LogP contribution in [0.3, 0.4) is 0 Å². The lowest BCUT2D eigenvalue weighted by atomic mass is 10.1. The Morgan fingerprint density at radius 1 is 0.640 bits per heavy atom. The molecular formula is C22H22N2S. The molecule has 3 heteroatoms. The van der Waals surface area contributed by atoms with Crippen molar-refractivity contribution >= 4 is 28.8 Å². The zero-order valence-corrected chi connectivity index (χ0v) is 15.0. The predicted molar refractivity (Wildman–Crippen MR) is 111 cm³/mol. The van der Waals surface area contributed by atoms with Gasteiger partial charge in [-0.2, -0.15) is 11.8 Å². The number of hydrogen-bond donors (Lipinski definition) is 1. The van der Waals surface area contributed by atoms with Crippen LogP contribution < -0.4 is 10.2 Å². The predicted octanol–water partition coefficient (Wildman–Crippen LogP) is 5.65. The summed E-state index contributed by atoms with van der Waals surface area (Å²) in [6, 6.07) is 27.9. The zero-order valence-electron chi connectivity index (χ0n) is 14.2. The molecule has 0 amide bonds. The number of nitrogens with zero attached hydrogens (tertiary/aromatic N) is 1. The minimum atomic E-state index is 1.11. The van der Waals surface area contributed by atoms with Crippen molar-refractivity contribution in [1.82, 2.24) is 0 Å². The Hall–Kier alpha value is -2.39. The Morgan fingerprint density at radius 3 is 1.84 bits per heavy atom. The van der Waals surface area contributed by atoms with Crippen molar-refractivity contribution in [3.8, 4) is 11.1 Å². The van der Waals surface area contributed by atoms with Gasteiger partial charge in [-0.05, 0) is 47.5 Å². The Kier molecular flexibility index (Phi) is 4.93. The fourth-order valence-electron chi connectivity index (χ4n) is 3.12. The van der Waals surface area contributed by atoms with Crippen molar-refractivity contribution in [1.29, 1.82) is 0 Å². The van der Waals surface area contributed by atoms with E-state index in [-0.39, 0.29) is 0 Å². The summed E-state index contributed by atoms with van der Waals surface area (Å²) in [6.07, 6.45) is 0. The molecule has 0 saturated carbocycles. The summed E-state index contributed by atoms with van der Waals surface area (Å²) in [4.78, 5) is 2.47. The Bertz CT molecular complexity index is 792. The van der Waals surface area contributed by atoms with Crippen LogP contribution in [-0.2, 0) is 0 Å². The Morgan fingerprint density at radius 2 is 1.20 bits per heavy atom. The van der Waals surface area contributed by atoms with Crippen LogP contribution in [-0.4, -0.2) is 24.6 Å². The number of benzene rings is 3. The van der Waals surface area contributed by atoms with E-state index < -0.39 is 0 Å². The van der Waals surface area contributed by atoms with Gasteiger partial charge in [0, 0.05) is 41.7 Å². The fourth-order valence-corrected chi connectivity index (χ4v) is 4.02. The number of nitrogens with one attached hydrogen (secondary N) is 1. The van der Waals surface area contributed by atoms with Crippen LogP contribution in [0, 0.1) is 0 Å². The van der Waals surface area contributed by atoms with Gasteiger partial charge in [-0.15, -0.1) is 0 Å². The molecule has 0 aromatic heterocycles. The lowest BCUT2D eigenvalue weighted by molar-refractivity contribution is 0.859. The standard InChI is InChI=1S/C22H22N2S/c1-2-4-18(5-3-1)19-6-8-20(9-7-19)23-21-10-12-22(13-11-21)24-14-16-25-17-15-24/h1-13,23H,14-17H2. The second kappa shape index (κ2) is 7.66. The third-order valence-corrected chi connectivity index (χ3v) is 5.47. The smallest absolute Gasteiger partial charge is 0.0385 e. The van der Waals surface area contributed by atoms with Gasteiger partial charge in [-0.1, -0.05) is 42.5 Å². The lowest BCUT2D eigenvalue weighted by Gasteiger charge is -2.28. The number of hydrogen-bond acceptors (Lipinski definition) is 3. The van der Waals surface area contributed by atoms with E-state index in [0.29, 0.717) is 0 Å². The van der Waals surface area contributed by atoms with Crippen LogP contribution in [0.4, 0.5) is 17.1 Å². The van der Waals surface area contributed by atoms with Crippen LogP contribution in [0.2, 0.25) is 0 Å². The highest BCUT2D eigenvalue weighted by atomic mass is 32.2. The average molecular weight is 346 g/mol. The van der Waals surface area contributed by atoms with Gasteiger partial charge in [-0.3, -0.25) is 0 Å². The molecule has 1 aliphatic heterocycles. The van der Waals surface area contributed by atoms with E-state index in [4.69, 9.17) is 0 Å². The SMILES string of the molecule is c1ccc(-c2ccc(Nc3ccc(N4CCSCC4)cc3)cc2)cc1. The molecule has 3 aromatic rings. The van der Waals surface area contributed by atoms with Crippen molar-refractivity contribution in [2.45, 2.75) is 0 Å². The Labute approximate surface area is 153 Å².